The number of nitrogens with zero attached hydrogens (tertiary/aromatic N) is 2. The number of anilines is 1. The Labute approximate surface area is 141 Å². The number of fused-ring (bicyclic) bond motifs is 2. The van der Waals surface area contributed by atoms with E-state index in [1.165, 1.54) is 23.5 Å². The summed E-state index contributed by atoms with van der Waals surface area (Å²) in [5, 5.41) is 14.7. The van der Waals surface area contributed by atoms with E-state index in [0.29, 0.717) is 18.3 Å². The van der Waals surface area contributed by atoms with Gasteiger partial charge in [0, 0.05) is 12.1 Å². The topological polar surface area (TPSA) is 86.5 Å². The van der Waals surface area contributed by atoms with Gasteiger partial charge in [0.1, 0.15) is 12.7 Å². The number of nitro groups is 1. The first-order chi connectivity index (χ1) is 11.7. The molecule has 0 saturated heterocycles. The highest BCUT2D eigenvalue weighted by atomic mass is 32.1. The maximum atomic E-state index is 10.8. The van der Waals surface area contributed by atoms with E-state index in [1.807, 2.05) is 24.3 Å². The lowest BCUT2D eigenvalue weighted by Gasteiger charge is -2.26. The van der Waals surface area contributed by atoms with Crippen LogP contribution < -0.4 is 14.8 Å². The Hall–Kier alpha value is -2.87. The Morgan fingerprint density at radius 2 is 2.12 bits per heavy atom. The summed E-state index contributed by atoms with van der Waals surface area (Å²) in [6.45, 7) is 0.997. The molecule has 24 heavy (non-hydrogen) atoms. The minimum Gasteiger partial charge on any atom is -0.486 e. The van der Waals surface area contributed by atoms with Crippen LogP contribution in [-0.4, -0.2) is 29.2 Å². The number of hydrogen-bond donors (Lipinski definition) is 1. The zero-order valence-corrected chi connectivity index (χ0v) is 13.3. The van der Waals surface area contributed by atoms with Crippen molar-refractivity contribution >= 4 is 32.4 Å². The fourth-order valence-electron chi connectivity index (χ4n) is 2.47. The second-order valence-corrected chi connectivity index (χ2v) is 6.34. The van der Waals surface area contributed by atoms with Crippen molar-refractivity contribution in [1.29, 1.82) is 0 Å². The van der Waals surface area contributed by atoms with Crippen LogP contribution in [0.25, 0.3) is 10.2 Å². The molecule has 0 spiro atoms. The van der Waals surface area contributed by atoms with E-state index >= 15 is 0 Å². The van der Waals surface area contributed by atoms with Crippen molar-refractivity contribution < 1.29 is 14.4 Å². The van der Waals surface area contributed by atoms with Gasteiger partial charge < -0.3 is 14.8 Å². The molecule has 0 aliphatic carbocycles. The molecule has 1 atom stereocenters. The van der Waals surface area contributed by atoms with E-state index in [-0.39, 0.29) is 11.8 Å². The number of nitro benzene ring substituents is 1. The van der Waals surface area contributed by atoms with Gasteiger partial charge in [-0.2, -0.15) is 0 Å². The maximum Gasteiger partial charge on any atom is 0.270 e. The minimum atomic E-state index is -0.406. The molecular weight excluding hydrogens is 330 g/mol. The first-order valence-corrected chi connectivity index (χ1v) is 8.18. The van der Waals surface area contributed by atoms with Crippen molar-refractivity contribution in [2.24, 2.45) is 0 Å². The summed E-state index contributed by atoms with van der Waals surface area (Å²) in [6.07, 6.45) is -0.124. The number of thiazole rings is 1. The Balaban J connectivity index is 1.45. The molecule has 0 amide bonds. The van der Waals surface area contributed by atoms with Crippen molar-refractivity contribution in [3.05, 3.63) is 52.6 Å². The second kappa shape index (κ2) is 5.97. The highest BCUT2D eigenvalue weighted by molar-refractivity contribution is 7.22. The van der Waals surface area contributed by atoms with Crippen LogP contribution in [0.3, 0.4) is 0 Å². The quantitative estimate of drug-likeness (QED) is 0.577. The van der Waals surface area contributed by atoms with Crippen molar-refractivity contribution in [2.75, 3.05) is 18.5 Å². The molecule has 122 valence electrons. The fraction of sp³-hybridized carbons (Fsp3) is 0.188. The van der Waals surface area contributed by atoms with Gasteiger partial charge in [-0.05, 0) is 18.2 Å². The van der Waals surface area contributed by atoms with Gasteiger partial charge in [-0.15, -0.1) is 0 Å². The molecule has 1 aromatic heterocycles. The van der Waals surface area contributed by atoms with Gasteiger partial charge in [0.15, 0.2) is 16.6 Å². The number of para-hydroxylation sites is 2. The predicted octanol–water partition coefficient (Wildman–Crippen LogP) is 3.46. The van der Waals surface area contributed by atoms with Gasteiger partial charge in [-0.25, -0.2) is 4.98 Å². The highest BCUT2D eigenvalue weighted by Crippen LogP contribution is 2.32. The summed E-state index contributed by atoms with van der Waals surface area (Å²) in [7, 11) is 0. The lowest BCUT2D eigenvalue weighted by Crippen LogP contribution is -2.35. The molecule has 8 heteroatoms. The lowest BCUT2D eigenvalue weighted by atomic mass is 10.2. The molecule has 2 aromatic carbocycles. The van der Waals surface area contributed by atoms with E-state index < -0.39 is 4.92 Å². The summed E-state index contributed by atoms with van der Waals surface area (Å²) in [6, 6.07) is 12.2. The van der Waals surface area contributed by atoms with Crippen molar-refractivity contribution in [1.82, 2.24) is 4.98 Å². The molecule has 3 aromatic rings. The van der Waals surface area contributed by atoms with E-state index in [9.17, 15) is 10.1 Å². The van der Waals surface area contributed by atoms with Crippen LogP contribution in [-0.2, 0) is 0 Å². The Morgan fingerprint density at radius 1 is 1.29 bits per heavy atom. The van der Waals surface area contributed by atoms with Gasteiger partial charge in [0.05, 0.1) is 21.7 Å². The number of non-ortho nitro benzene ring substituents is 1. The summed E-state index contributed by atoms with van der Waals surface area (Å²) < 4.78 is 12.3. The lowest BCUT2D eigenvalue weighted by molar-refractivity contribution is -0.384. The van der Waals surface area contributed by atoms with E-state index in [1.54, 1.807) is 6.07 Å². The van der Waals surface area contributed by atoms with Crippen LogP contribution in [0.4, 0.5) is 10.8 Å². The molecule has 4 rings (SSSR count). The molecule has 0 saturated carbocycles. The molecule has 7 nitrogen and oxygen atoms in total. The zero-order chi connectivity index (χ0) is 16.5. The molecule has 1 unspecified atom stereocenters. The van der Waals surface area contributed by atoms with Gasteiger partial charge in [-0.3, -0.25) is 10.1 Å². The average molecular weight is 343 g/mol. The summed E-state index contributed by atoms with van der Waals surface area (Å²) in [4.78, 5) is 14.9. The number of rotatable bonds is 4. The molecular formula is C16H13N3O4S. The second-order valence-electron chi connectivity index (χ2n) is 5.31. The zero-order valence-electron chi connectivity index (χ0n) is 12.5. The van der Waals surface area contributed by atoms with Crippen molar-refractivity contribution in [2.45, 2.75) is 6.10 Å². The Morgan fingerprint density at radius 3 is 2.96 bits per heavy atom. The van der Waals surface area contributed by atoms with Crippen LogP contribution >= 0.6 is 11.3 Å². The normalized spacial score (nSPS) is 16.1. The van der Waals surface area contributed by atoms with Gasteiger partial charge >= 0.3 is 0 Å². The van der Waals surface area contributed by atoms with Gasteiger partial charge in [-0.1, -0.05) is 23.5 Å². The summed E-state index contributed by atoms with van der Waals surface area (Å²) in [5.74, 6) is 1.48. The number of nitrogens with one attached hydrogen (secondary N) is 1. The third-order valence-electron chi connectivity index (χ3n) is 3.63. The fourth-order valence-corrected chi connectivity index (χ4v) is 3.37. The molecule has 1 aliphatic rings. The summed E-state index contributed by atoms with van der Waals surface area (Å²) in [5.41, 5.74) is 0.803. The number of ether oxygens (including phenoxy) is 2. The van der Waals surface area contributed by atoms with Crippen LogP contribution in [0.1, 0.15) is 0 Å². The smallest absolute Gasteiger partial charge is 0.270 e. The largest absolute Gasteiger partial charge is 0.486 e. The Bertz CT molecular complexity index is 911. The van der Waals surface area contributed by atoms with Crippen LogP contribution in [0.2, 0.25) is 0 Å². The van der Waals surface area contributed by atoms with E-state index in [2.05, 4.69) is 10.3 Å². The highest BCUT2D eigenvalue weighted by Gasteiger charge is 2.20. The van der Waals surface area contributed by atoms with E-state index in [0.717, 1.165) is 21.7 Å². The maximum absolute atomic E-state index is 10.8. The number of hydrogen-bond acceptors (Lipinski definition) is 7. The molecule has 2 heterocycles. The minimum absolute atomic E-state index is 0.0679. The molecule has 0 radical (unpaired) electrons. The average Bonchev–Trinajstić information content (AvgIpc) is 3.01. The third kappa shape index (κ3) is 2.83. The van der Waals surface area contributed by atoms with Gasteiger partial charge in [0.25, 0.3) is 5.69 Å². The molecule has 1 N–H and O–H groups in total. The van der Waals surface area contributed by atoms with Crippen molar-refractivity contribution in [3.8, 4) is 11.5 Å². The predicted molar refractivity (Wildman–Crippen MR) is 91.1 cm³/mol. The number of benzene rings is 2. The Kier molecular flexibility index (Phi) is 3.66. The standard InChI is InChI=1S/C16H13N3O4S/c20-19(21)10-5-6-12-15(7-10)24-16(18-12)17-8-11-9-22-13-3-1-2-4-14(13)23-11/h1-7,11H,8-9H2,(H,17,18). The first-order valence-electron chi connectivity index (χ1n) is 7.36. The molecule has 0 fully saturated rings. The van der Waals surface area contributed by atoms with Crippen LogP contribution in [0.15, 0.2) is 42.5 Å². The van der Waals surface area contributed by atoms with Gasteiger partial charge in [0.2, 0.25) is 0 Å². The van der Waals surface area contributed by atoms with E-state index in [4.69, 9.17) is 9.47 Å². The first kappa shape index (κ1) is 14.7. The SMILES string of the molecule is O=[N+]([O-])c1ccc2nc(NCC3COc4ccccc4O3)sc2c1. The van der Waals surface area contributed by atoms with Crippen LogP contribution in [0, 0.1) is 10.1 Å². The third-order valence-corrected chi connectivity index (χ3v) is 4.61. The number of aromatic nitrogens is 1. The molecule has 0 bridgehead atoms. The molecule has 1 aliphatic heterocycles. The van der Waals surface area contributed by atoms with Crippen LogP contribution in [0.5, 0.6) is 11.5 Å². The van der Waals surface area contributed by atoms with Crippen molar-refractivity contribution in [3.63, 3.8) is 0 Å². The summed E-state index contributed by atoms with van der Waals surface area (Å²) >= 11 is 1.38. The monoisotopic (exact) mass is 343 g/mol.